The number of nitrogens with one attached hydrogen (secondary N) is 1. The number of unbranched alkanes of at least 4 members (excludes halogenated alkanes) is 1. The molecule has 1 N–H and O–H groups in total. The maximum atomic E-state index is 4.97. The van der Waals surface area contributed by atoms with Gasteiger partial charge in [0.2, 0.25) is 0 Å². The minimum Gasteiger partial charge on any atom is -0.385 e. The third-order valence-corrected chi connectivity index (χ3v) is 2.57. The van der Waals surface area contributed by atoms with Crippen molar-refractivity contribution in [2.75, 3.05) is 31.8 Å². The van der Waals surface area contributed by atoms with Crippen LogP contribution in [0.25, 0.3) is 0 Å². The zero-order chi connectivity index (χ0) is 10.9. The topological polar surface area (TPSA) is 47.0 Å². The van der Waals surface area contributed by atoms with Crippen molar-refractivity contribution >= 4 is 17.6 Å². The molecule has 0 aliphatic carbocycles. The van der Waals surface area contributed by atoms with E-state index in [1.165, 1.54) is 0 Å². The molecule has 84 valence electrons. The van der Waals surface area contributed by atoms with Crippen molar-refractivity contribution in [3.05, 3.63) is 12.4 Å². The number of nitrogens with zero attached hydrogens (tertiary/aromatic N) is 2. The van der Waals surface area contributed by atoms with E-state index in [9.17, 15) is 0 Å². The van der Waals surface area contributed by atoms with Crippen LogP contribution < -0.4 is 5.32 Å². The summed E-state index contributed by atoms with van der Waals surface area (Å²) in [6.07, 6.45) is 5.75. The zero-order valence-electron chi connectivity index (χ0n) is 9.19. The molecule has 0 saturated heterocycles. The maximum absolute atomic E-state index is 4.97. The molecule has 0 saturated carbocycles. The second-order valence-electron chi connectivity index (χ2n) is 3.07. The van der Waals surface area contributed by atoms with Crippen molar-refractivity contribution in [1.82, 2.24) is 9.97 Å². The summed E-state index contributed by atoms with van der Waals surface area (Å²) < 4.78 is 4.97. The molecule has 0 spiro atoms. The van der Waals surface area contributed by atoms with Crippen molar-refractivity contribution < 1.29 is 4.74 Å². The Hall–Kier alpha value is -0.810. The predicted molar refractivity (Wildman–Crippen MR) is 63.4 cm³/mol. The van der Waals surface area contributed by atoms with Gasteiger partial charge in [0, 0.05) is 26.3 Å². The average molecular weight is 227 g/mol. The van der Waals surface area contributed by atoms with E-state index in [1.807, 2.05) is 12.3 Å². The van der Waals surface area contributed by atoms with E-state index in [0.29, 0.717) is 0 Å². The number of rotatable bonds is 7. The largest absolute Gasteiger partial charge is 0.385 e. The fraction of sp³-hybridized carbons (Fsp3) is 0.600. The summed E-state index contributed by atoms with van der Waals surface area (Å²) in [4.78, 5) is 8.25. The summed E-state index contributed by atoms with van der Waals surface area (Å²) in [5, 5.41) is 4.25. The van der Waals surface area contributed by atoms with Crippen molar-refractivity contribution in [3.8, 4) is 0 Å². The molecule has 0 radical (unpaired) electrons. The van der Waals surface area contributed by atoms with Gasteiger partial charge in [-0.2, -0.15) is 0 Å². The van der Waals surface area contributed by atoms with Crippen LogP contribution in [0, 0.1) is 0 Å². The van der Waals surface area contributed by atoms with Gasteiger partial charge in [0.15, 0.2) is 0 Å². The molecular formula is C10H17N3OS. The standard InChI is InChI=1S/C10H17N3OS/c1-14-6-4-3-5-11-9-7-10(15-2)13-8-12-9/h7-8H,3-6H2,1-2H3,(H,11,12,13). The number of anilines is 1. The Morgan fingerprint density at radius 3 is 3.00 bits per heavy atom. The van der Waals surface area contributed by atoms with E-state index in [-0.39, 0.29) is 0 Å². The summed E-state index contributed by atoms with van der Waals surface area (Å²) in [5.74, 6) is 0.895. The van der Waals surface area contributed by atoms with Crippen molar-refractivity contribution in [2.24, 2.45) is 0 Å². The maximum Gasteiger partial charge on any atom is 0.130 e. The fourth-order valence-corrected chi connectivity index (χ4v) is 1.52. The second-order valence-corrected chi connectivity index (χ2v) is 3.90. The van der Waals surface area contributed by atoms with E-state index in [0.717, 1.165) is 36.8 Å². The number of ether oxygens (including phenoxy) is 1. The molecule has 1 aromatic rings. The minimum atomic E-state index is 0.821. The lowest BCUT2D eigenvalue weighted by molar-refractivity contribution is 0.194. The molecule has 0 aromatic carbocycles. The average Bonchev–Trinajstić information content (AvgIpc) is 2.29. The van der Waals surface area contributed by atoms with Gasteiger partial charge in [-0.25, -0.2) is 9.97 Å². The molecule has 4 nitrogen and oxygen atoms in total. The third kappa shape index (κ3) is 4.99. The molecule has 15 heavy (non-hydrogen) atoms. The van der Waals surface area contributed by atoms with Gasteiger partial charge in [-0.05, 0) is 19.1 Å². The molecule has 0 amide bonds. The first-order chi connectivity index (χ1) is 7.36. The van der Waals surface area contributed by atoms with Crippen LogP contribution in [-0.4, -0.2) is 36.5 Å². The molecule has 5 heteroatoms. The monoisotopic (exact) mass is 227 g/mol. The zero-order valence-corrected chi connectivity index (χ0v) is 10.0. The van der Waals surface area contributed by atoms with Crippen molar-refractivity contribution in [3.63, 3.8) is 0 Å². The van der Waals surface area contributed by atoms with Gasteiger partial charge in [0.1, 0.15) is 17.2 Å². The summed E-state index contributed by atoms with van der Waals surface area (Å²) in [5.41, 5.74) is 0. The van der Waals surface area contributed by atoms with Crippen LogP contribution in [0.5, 0.6) is 0 Å². The molecule has 0 bridgehead atoms. The van der Waals surface area contributed by atoms with Crippen molar-refractivity contribution in [2.45, 2.75) is 17.9 Å². The highest BCUT2D eigenvalue weighted by molar-refractivity contribution is 7.98. The molecule has 1 aromatic heterocycles. The molecule has 0 aliphatic heterocycles. The van der Waals surface area contributed by atoms with E-state index >= 15 is 0 Å². The Morgan fingerprint density at radius 1 is 1.40 bits per heavy atom. The van der Waals surface area contributed by atoms with Gasteiger partial charge in [-0.3, -0.25) is 0 Å². The molecule has 0 aliphatic rings. The van der Waals surface area contributed by atoms with Crippen LogP contribution in [0.15, 0.2) is 17.4 Å². The quantitative estimate of drug-likeness (QED) is 0.439. The molecule has 0 unspecified atom stereocenters. The predicted octanol–water partition coefficient (Wildman–Crippen LogP) is 2.04. The molecule has 0 fully saturated rings. The second kappa shape index (κ2) is 7.48. The summed E-state index contributed by atoms with van der Waals surface area (Å²) in [6, 6.07) is 1.96. The molecule has 1 rings (SSSR count). The van der Waals surface area contributed by atoms with E-state index < -0.39 is 0 Å². The highest BCUT2D eigenvalue weighted by Crippen LogP contribution is 2.13. The van der Waals surface area contributed by atoms with E-state index in [1.54, 1.807) is 25.2 Å². The van der Waals surface area contributed by atoms with Gasteiger partial charge < -0.3 is 10.1 Å². The minimum absolute atomic E-state index is 0.821. The lowest BCUT2D eigenvalue weighted by atomic mass is 10.3. The summed E-state index contributed by atoms with van der Waals surface area (Å²) >= 11 is 1.62. The number of thioether (sulfide) groups is 1. The molecule has 0 atom stereocenters. The fourth-order valence-electron chi connectivity index (χ4n) is 1.14. The highest BCUT2D eigenvalue weighted by atomic mass is 32.2. The van der Waals surface area contributed by atoms with Gasteiger partial charge in [-0.1, -0.05) is 0 Å². The summed E-state index contributed by atoms with van der Waals surface area (Å²) in [6.45, 7) is 1.75. The first kappa shape index (κ1) is 12.3. The normalized spacial score (nSPS) is 10.3. The van der Waals surface area contributed by atoms with Crippen LogP contribution in [-0.2, 0) is 4.74 Å². The van der Waals surface area contributed by atoms with Gasteiger partial charge >= 0.3 is 0 Å². The van der Waals surface area contributed by atoms with Crippen LogP contribution in [0.2, 0.25) is 0 Å². The molecular weight excluding hydrogens is 210 g/mol. The van der Waals surface area contributed by atoms with E-state index in [2.05, 4.69) is 15.3 Å². The first-order valence-corrected chi connectivity index (χ1v) is 6.18. The smallest absolute Gasteiger partial charge is 0.130 e. The first-order valence-electron chi connectivity index (χ1n) is 4.95. The Bertz CT molecular complexity index is 283. The van der Waals surface area contributed by atoms with Crippen molar-refractivity contribution in [1.29, 1.82) is 0 Å². The Balaban J connectivity index is 2.24. The van der Waals surface area contributed by atoms with Crippen LogP contribution in [0.4, 0.5) is 5.82 Å². The Morgan fingerprint density at radius 2 is 2.27 bits per heavy atom. The molecule has 1 heterocycles. The van der Waals surface area contributed by atoms with Crippen LogP contribution in [0.1, 0.15) is 12.8 Å². The Kier molecular flexibility index (Phi) is 6.11. The highest BCUT2D eigenvalue weighted by Gasteiger charge is 1.96. The van der Waals surface area contributed by atoms with Gasteiger partial charge in [0.05, 0.1) is 0 Å². The van der Waals surface area contributed by atoms with Gasteiger partial charge in [0.25, 0.3) is 0 Å². The number of hydrogen-bond donors (Lipinski definition) is 1. The Labute approximate surface area is 94.8 Å². The SMILES string of the molecule is COCCCCNc1cc(SC)ncn1. The van der Waals surface area contributed by atoms with Crippen LogP contribution in [0.3, 0.4) is 0 Å². The number of aromatic nitrogens is 2. The summed E-state index contributed by atoms with van der Waals surface area (Å²) in [7, 11) is 1.72. The third-order valence-electron chi connectivity index (χ3n) is 1.93. The van der Waals surface area contributed by atoms with Crippen LogP contribution >= 0.6 is 11.8 Å². The lowest BCUT2D eigenvalue weighted by Gasteiger charge is -2.05. The van der Waals surface area contributed by atoms with Gasteiger partial charge in [-0.15, -0.1) is 11.8 Å². The van der Waals surface area contributed by atoms with E-state index in [4.69, 9.17) is 4.74 Å². The number of methoxy groups -OCH3 is 1. The number of hydrogen-bond acceptors (Lipinski definition) is 5. The lowest BCUT2D eigenvalue weighted by Crippen LogP contribution is -2.04.